The van der Waals surface area contributed by atoms with Crippen LogP contribution in [0, 0.1) is 0 Å². The van der Waals surface area contributed by atoms with E-state index in [1.54, 1.807) is 11.3 Å². The number of carbonyl (C=O) groups is 1. The van der Waals surface area contributed by atoms with Crippen molar-refractivity contribution in [3.05, 3.63) is 20.8 Å². The predicted octanol–water partition coefficient (Wildman–Crippen LogP) is 2.78. The molecule has 5 heteroatoms. The van der Waals surface area contributed by atoms with Crippen LogP contribution in [0.2, 0.25) is 0 Å². The zero-order valence-corrected chi connectivity index (χ0v) is 12.3. The van der Waals surface area contributed by atoms with Gasteiger partial charge < -0.3 is 10.2 Å². The molecular weight excluding hydrogens is 300 g/mol. The van der Waals surface area contributed by atoms with Gasteiger partial charge in [0.2, 0.25) is 5.91 Å². The Kier molecular flexibility index (Phi) is 4.59. The maximum absolute atomic E-state index is 11.8. The number of likely N-dealkylation sites (tertiary alicyclic amines) is 1. The zero-order valence-electron chi connectivity index (χ0n) is 9.91. The zero-order chi connectivity index (χ0) is 12.3. The number of nitrogens with zero attached hydrogens (tertiary/aromatic N) is 1. The van der Waals surface area contributed by atoms with Crippen LogP contribution in [-0.2, 0) is 4.79 Å². The molecule has 1 aromatic rings. The third kappa shape index (κ3) is 3.53. The highest BCUT2D eigenvalue weighted by Gasteiger charge is 2.18. The highest BCUT2D eigenvalue weighted by atomic mass is 79.9. The van der Waals surface area contributed by atoms with Crippen LogP contribution in [0.3, 0.4) is 0 Å². The molecule has 94 valence electrons. The summed E-state index contributed by atoms with van der Waals surface area (Å²) >= 11 is 5.15. The van der Waals surface area contributed by atoms with Crippen LogP contribution in [0.5, 0.6) is 0 Å². The molecule has 1 amide bonds. The molecule has 2 rings (SSSR count). The Morgan fingerprint density at radius 1 is 1.59 bits per heavy atom. The average molecular weight is 317 g/mol. The molecule has 0 aliphatic carbocycles. The quantitative estimate of drug-likeness (QED) is 0.926. The Morgan fingerprint density at radius 3 is 2.88 bits per heavy atom. The molecule has 1 atom stereocenters. The second-order valence-corrected chi connectivity index (χ2v) is 6.22. The molecule has 1 fully saturated rings. The van der Waals surface area contributed by atoms with E-state index < -0.39 is 0 Å². The summed E-state index contributed by atoms with van der Waals surface area (Å²) in [5, 5.41) is 5.35. The molecule has 0 spiro atoms. The van der Waals surface area contributed by atoms with Crippen LogP contribution in [-0.4, -0.2) is 30.4 Å². The van der Waals surface area contributed by atoms with Crippen LogP contribution < -0.4 is 5.32 Å². The molecule has 0 aromatic carbocycles. The Morgan fingerprint density at radius 2 is 2.29 bits per heavy atom. The molecular formula is C12H17BrN2OS. The van der Waals surface area contributed by atoms with Crippen molar-refractivity contribution in [2.24, 2.45) is 0 Å². The smallest absolute Gasteiger partial charge is 0.236 e. The minimum Gasteiger partial charge on any atom is -0.342 e. The fraction of sp³-hybridized carbons (Fsp3) is 0.583. The lowest BCUT2D eigenvalue weighted by molar-refractivity contribution is -0.129. The Hall–Kier alpha value is -0.390. The summed E-state index contributed by atoms with van der Waals surface area (Å²) < 4.78 is 1.11. The van der Waals surface area contributed by atoms with Gasteiger partial charge in [0.05, 0.1) is 6.54 Å². The molecule has 1 aliphatic rings. The summed E-state index contributed by atoms with van der Waals surface area (Å²) in [4.78, 5) is 15.0. The fourth-order valence-electron chi connectivity index (χ4n) is 1.97. The summed E-state index contributed by atoms with van der Waals surface area (Å²) in [6.07, 6.45) is 2.30. The molecule has 1 saturated heterocycles. The second-order valence-electron chi connectivity index (χ2n) is 4.36. The Balaban J connectivity index is 1.79. The number of carbonyl (C=O) groups excluding carboxylic acids is 1. The lowest BCUT2D eigenvalue weighted by Crippen LogP contribution is -2.36. The number of hydrogen-bond donors (Lipinski definition) is 1. The number of rotatable bonds is 4. The van der Waals surface area contributed by atoms with E-state index in [0.717, 1.165) is 30.4 Å². The molecule has 2 heterocycles. The van der Waals surface area contributed by atoms with Crippen molar-refractivity contribution in [2.75, 3.05) is 19.6 Å². The van der Waals surface area contributed by atoms with Gasteiger partial charge in [0.25, 0.3) is 0 Å². The normalized spacial score (nSPS) is 17.4. The van der Waals surface area contributed by atoms with E-state index in [1.165, 1.54) is 4.88 Å². The molecule has 0 saturated carbocycles. The second kappa shape index (κ2) is 5.98. The number of hydrogen-bond acceptors (Lipinski definition) is 3. The van der Waals surface area contributed by atoms with Crippen molar-refractivity contribution in [3.63, 3.8) is 0 Å². The van der Waals surface area contributed by atoms with Gasteiger partial charge in [-0.2, -0.15) is 0 Å². The molecule has 0 bridgehead atoms. The number of thiophene rings is 1. The molecule has 17 heavy (non-hydrogen) atoms. The molecule has 0 radical (unpaired) electrons. The SMILES string of the molecule is CC(NCC(=O)N1CCCC1)c1cc(Br)cs1. The van der Waals surface area contributed by atoms with Gasteiger partial charge in [-0.05, 0) is 41.8 Å². The Bertz CT molecular complexity index is 388. The van der Waals surface area contributed by atoms with Gasteiger partial charge in [0, 0.05) is 33.9 Å². The first kappa shape index (κ1) is 13.1. The summed E-state index contributed by atoms with van der Waals surface area (Å²) in [6.45, 7) is 4.39. The van der Waals surface area contributed by atoms with E-state index in [4.69, 9.17) is 0 Å². The molecule has 3 nitrogen and oxygen atoms in total. The van der Waals surface area contributed by atoms with Crippen molar-refractivity contribution < 1.29 is 4.79 Å². The lowest BCUT2D eigenvalue weighted by Gasteiger charge is -2.17. The van der Waals surface area contributed by atoms with Crippen molar-refractivity contribution >= 4 is 33.2 Å². The number of nitrogens with one attached hydrogen (secondary N) is 1. The maximum atomic E-state index is 11.8. The summed E-state index contributed by atoms with van der Waals surface area (Å²) in [6, 6.07) is 2.33. The van der Waals surface area contributed by atoms with Crippen LogP contribution in [0.4, 0.5) is 0 Å². The summed E-state index contributed by atoms with van der Waals surface area (Å²) in [5.41, 5.74) is 0. The van der Waals surface area contributed by atoms with Gasteiger partial charge in [0.1, 0.15) is 0 Å². The first-order valence-electron chi connectivity index (χ1n) is 5.92. The van der Waals surface area contributed by atoms with Crippen molar-refractivity contribution in [1.82, 2.24) is 10.2 Å². The van der Waals surface area contributed by atoms with Crippen LogP contribution in [0.25, 0.3) is 0 Å². The van der Waals surface area contributed by atoms with Gasteiger partial charge in [0.15, 0.2) is 0 Å². The van der Waals surface area contributed by atoms with E-state index in [0.29, 0.717) is 6.54 Å². The van der Waals surface area contributed by atoms with Gasteiger partial charge in [-0.25, -0.2) is 0 Å². The van der Waals surface area contributed by atoms with Crippen molar-refractivity contribution in [2.45, 2.75) is 25.8 Å². The summed E-state index contributed by atoms with van der Waals surface area (Å²) in [5.74, 6) is 0.227. The van der Waals surface area contributed by atoms with E-state index >= 15 is 0 Å². The van der Waals surface area contributed by atoms with Gasteiger partial charge in [-0.1, -0.05) is 0 Å². The highest BCUT2D eigenvalue weighted by Crippen LogP contribution is 2.25. The third-order valence-corrected chi connectivity index (χ3v) is 4.91. The third-order valence-electron chi connectivity index (χ3n) is 3.03. The first-order valence-corrected chi connectivity index (χ1v) is 7.59. The molecule has 1 N–H and O–H groups in total. The Labute approximate surface area is 114 Å². The maximum Gasteiger partial charge on any atom is 0.236 e. The van der Waals surface area contributed by atoms with Crippen LogP contribution in [0.15, 0.2) is 15.9 Å². The number of amides is 1. The van der Waals surface area contributed by atoms with Crippen molar-refractivity contribution in [1.29, 1.82) is 0 Å². The molecule has 1 aliphatic heterocycles. The average Bonchev–Trinajstić information content (AvgIpc) is 2.95. The minimum absolute atomic E-state index is 0.227. The first-order chi connectivity index (χ1) is 8.16. The van der Waals surface area contributed by atoms with Gasteiger partial charge in [-0.3, -0.25) is 4.79 Å². The van der Waals surface area contributed by atoms with E-state index in [1.807, 2.05) is 4.90 Å². The fourth-order valence-corrected chi connectivity index (χ4v) is 3.45. The number of halogens is 1. The van der Waals surface area contributed by atoms with Crippen LogP contribution in [0.1, 0.15) is 30.7 Å². The van der Waals surface area contributed by atoms with Crippen LogP contribution >= 0.6 is 27.3 Å². The van der Waals surface area contributed by atoms with Gasteiger partial charge >= 0.3 is 0 Å². The predicted molar refractivity (Wildman–Crippen MR) is 74.3 cm³/mol. The topological polar surface area (TPSA) is 32.3 Å². The summed E-state index contributed by atoms with van der Waals surface area (Å²) in [7, 11) is 0. The van der Waals surface area contributed by atoms with Crippen molar-refractivity contribution in [3.8, 4) is 0 Å². The highest BCUT2D eigenvalue weighted by molar-refractivity contribution is 9.10. The lowest BCUT2D eigenvalue weighted by atomic mass is 10.3. The molecule has 1 aromatic heterocycles. The standard InChI is InChI=1S/C12H17BrN2OS/c1-9(11-6-10(13)8-17-11)14-7-12(16)15-4-2-3-5-15/h6,8-9,14H,2-5,7H2,1H3. The monoisotopic (exact) mass is 316 g/mol. The van der Waals surface area contributed by atoms with E-state index in [-0.39, 0.29) is 11.9 Å². The largest absolute Gasteiger partial charge is 0.342 e. The minimum atomic E-state index is 0.227. The van der Waals surface area contributed by atoms with E-state index in [2.05, 4.69) is 39.6 Å². The van der Waals surface area contributed by atoms with E-state index in [9.17, 15) is 4.79 Å². The molecule has 1 unspecified atom stereocenters. The van der Waals surface area contributed by atoms with Gasteiger partial charge in [-0.15, -0.1) is 11.3 Å².